The Kier molecular flexibility index (Phi) is 7.10. The molecule has 0 amide bonds. The number of hydrogen-bond acceptors (Lipinski definition) is 4. The lowest BCUT2D eigenvalue weighted by molar-refractivity contribution is 1.29. The van der Waals surface area contributed by atoms with E-state index in [0.29, 0.717) is 0 Å². The zero-order valence-corrected chi connectivity index (χ0v) is 28.1. The summed E-state index contributed by atoms with van der Waals surface area (Å²) in [5.41, 5.74) is 13.5. The van der Waals surface area contributed by atoms with Crippen molar-refractivity contribution in [2.75, 3.05) is 0 Å². The molecule has 4 heteroatoms. The van der Waals surface area contributed by atoms with E-state index in [1.165, 1.54) is 10.8 Å². The van der Waals surface area contributed by atoms with Crippen molar-refractivity contribution in [1.82, 2.24) is 19.9 Å². The molecule has 7 aromatic carbocycles. The van der Waals surface area contributed by atoms with Crippen LogP contribution < -0.4 is 0 Å². The van der Waals surface area contributed by atoms with Crippen molar-refractivity contribution in [3.05, 3.63) is 182 Å². The predicted octanol–water partition coefficient (Wildman–Crippen LogP) is 12.2. The van der Waals surface area contributed by atoms with Gasteiger partial charge in [0.05, 0.1) is 44.8 Å². The van der Waals surface area contributed by atoms with Gasteiger partial charge in [-0.1, -0.05) is 152 Å². The summed E-state index contributed by atoms with van der Waals surface area (Å²) in [6.07, 6.45) is 0. The minimum Gasteiger partial charge on any atom is -0.245 e. The average molecular weight is 663 g/mol. The largest absolute Gasteiger partial charge is 0.245 e. The quantitative estimate of drug-likeness (QED) is 0.172. The molecule has 0 fully saturated rings. The van der Waals surface area contributed by atoms with Gasteiger partial charge in [-0.15, -0.1) is 0 Å². The molecule has 0 bridgehead atoms. The van der Waals surface area contributed by atoms with Crippen LogP contribution in [-0.4, -0.2) is 19.9 Å². The summed E-state index contributed by atoms with van der Waals surface area (Å²) in [6, 6.07) is 63.1. The van der Waals surface area contributed by atoms with E-state index in [9.17, 15) is 0 Å². The molecule has 0 spiro atoms. The van der Waals surface area contributed by atoms with Gasteiger partial charge in [-0.05, 0) is 52.2 Å². The first-order valence-corrected chi connectivity index (χ1v) is 17.5. The van der Waals surface area contributed by atoms with Crippen molar-refractivity contribution < 1.29 is 0 Å². The molecule has 0 saturated heterocycles. The monoisotopic (exact) mass is 662 g/mol. The molecule has 0 aliphatic carbocycles. The zero-order chi connectivity index (χ0) is 34.4. The summed E-state index contributed by atoms with van der Waals surface area (Å²) in [6.45, 7) is 0. The molecule has 3 heterocycles. The highest BCUT2D eigenvalue weighted by Crippen LogP contribution is 2.35. The van der Waals surface area contributed by atoms with Gasteiger partial charge in [0.15, 0.2) is 0 Å². The van der Waals surface area contributed by atoms with Crippen LogP contribution in [0.2, 0.25) is 0 Å². The molecule has 3 aromatic heterocycles. The maximum Gasteiger partial charge on any atom is 0.0973 e. The first-order valence-electron chi connectivity index (χ1n) is 17.5. The highest BCUT2D eigenvalue weighted by atomic mass is 14.8. The fraction of sp³-hybridized carbons (Fsp3) is 0. The highest BCUT2D eigenvalue weighted by Gasteiger charge is 2.15. The topological polar surface area (TPSA) is 51.6 Å². The van der Waals surface area contributed by atoms with E-state index in [1.54, 1.807) is 0 Å². The number of pyridine rings is 2. The molecular weight excluding hydrogens is 633 g/mol. The molecular formula is C48H30N4. The van der Waals surface area contributed by atoms with Crippen LogP contribution in [0.4, 0.5) is 0 Å². The molecule has 0 aliphatic heterocycles. The number of nitrogens with zero attached hydrogens (tertiary/aromatic N) is 4. The fourth-order valence-electron chi connectivity index (χ4n) is 7.21. The van der Waals surface area contributed by atoms with Gasteiger partial charge in [0.25, 0.3) is 0 Å². The van der Waals surface area contributed by atoms with E-state index in [1.807, 2.05) is 36.4 Å². The maximum atomic E-state index is 5.25. The molecule has 0 atom stereocenters. The lowest BCUT2D eigenvalue weighted by Crippen LogP contribution is -1.96. The first-order chi connectivity index (χ1) is 25.7. The van der Waals surface area contributed by atoms with Gasteiger partial charge < -0.3 is 0 Å². The van der Waals surface area contributed by atoms with Gasteiger partial charge in [0.1, 0.15) is 0 Å². The summed E-state index contributed by atoms with van der Waals surface area (Å²) < 4.78 is 0. The van der Waals surface area contributed by atoms with E-state index in [2.05, 4.69) is 146 Å². The van der Waals surface area contributed by atoms with E-state index >= 15 is 0 Å². The minimum absolute atomic E-state index is 0.852. The lowest BCUT2D eigenvalue weighted by Gasteiger charge is -2.12. The van der Waals surface area contributed by atoms with Gasteiger partial charge in [0, 0.05) is 33.0 Å². The Morgan fingerprint density at radius 1 is 0.288 bits per heavy atom. The van der Waals surface area contributed by atoms with Crippen LogP contribution in [0.1, 0.15) is 0 Å². The Bertz CT molecular complexity index is 2950. The Balaban J connectivity index is 1.06. The molecule has 4 nitrogen and oxygen atoms in total. The standard InChI is InChI=1S/C48H30N4/c1-3-12-32(13-4-1)45-46(33-14-5-2-6-15-33)52-44-30-37(25-28-43(44)51-45)36-17-9-18-38(29-36)41-26-23-34-21-22-35-24-27-42(50-48(35)47(34)49-41)40-20-10-16-31-11-7-8-19-39(31)40/h1-30H. The van der Waals surface area contributed by atoms with E-state index in [4.69, 9.17) is 19.9 Å². The Morgan fingerprint density at radius 2 is 0.827 bits per heavy atom. The summed E-state index contributed by atoms with van der Waals surface area (Å²) >= 11 is 0. The maximum absolute atomic E-state index is 5.25. The number of fused-ring (bicyclic) bond motifs is 5. The third kappa shape index (κ3) is 5.26. The molecule has 0 unspecified atom stereocenters. The molecule has 0 saturated carbocycles. The normalized spacial score (nSPS) is 11.5. The van der Waals surface area contributed by atoms with Crippen molar-refractivity contribution in [2.24, 2.45) is 0 Å². The predicted molar refractivity (Wildman–Crippen MR) is 215 cm³/mol. The second-order valence-corrected chi connectivity index (χ2v) is 13.1. The smallest absolute Gasteiger partial charge is 0.0973 e. The number of aromatic nitrogens is 4. The molecule has 0 aliphatic rings. The first kappa shape index (κ1) is 29.8. The SMILES string of the molecule is c1ccc(-c2nc3ccc(-c4cccc(-c5ccc6ccc7ccc(-c8cccc9ccccc89)nc7c6n5)c4)cc3nc2-c2ccccc2)cc1. The minimum atomic E-state index is 0.852. The molecule has 52 heavy (non-hydrogen) atoms. The zero-order valence-electron chi connectivity index (χ0n) is 28.1. The fourth-order valence-corrected chi connectivity index (χ4v) is 7.21. The van der Waals surface area contributed by atoms with Crippen LogP contribution in [0.25, 0.3) is 99.8 Å². The van der Waals surface area contributed by atoms with Gasteiger partial charge in [0.2, 0.25) is 0 Å². The van der Waals surface area contributed by atoms with Crippen LogP contribution in [0.3, 0.4) is 0 Å². The van der Waals surface area contributed by atoms with Crippen molar-refractivity contribution >= 4 is 43.6 Å². The van der Waals surface area contributed by atoms with Crippen LogP contribution >= 0.6 is 0 Å². The van der Waals surface area contributed by atoms with Crippen LogP contribution in [0.5, 0.6) is 0 Å². The Morgan fingerprint density at radius 3 is 1.58 bits per heavy atom. The molecule has 10 rings (SSSR count). The van der Waals surface area contributed by atoms with Crippen molar-refractivity contribution in [3.63, 3.8) is 0 Å². The Labute approximate surface area is 300 Å². The van der Waals surface area contributed by atoms with Gasteiger partial charge in [-0.2, -0.15) is 0 Å². The lowest BCUT2D eigenvalue weighted by atomic mass is 9.99. The third-order valence-electron chi connectivity index (χ3n) is 9.84. The summed E-state index contributed by atoms with van der Waals surface area (Å²) in [5, 5.41) is 4.52. The van der Waals surface area contributed by atoms with Crippen LogP contribution in [-0.2, 0) is 0 Å². The number of rotatable bonds is 5. The average Bonchev–Trinajstić information content (AvgIpc) is 3.23. The van der Waals surface area contributed by atoms with E-state index in [-0.39, 0.29) is 0 Å². The molecule has 242 valence electrons. The second kappa shape index (κ2) is 12.4. The number of benzene rings is 7. The van der Waals surface area contributed by atoms with Gasteiger partial charge in [-0.3, -0.25) is 0 Å². The summed E-state index contributed by atoms with van der Waals surface area (Å²) in [4.78, 5) is 20.8. The van der Waals surface area contributed by atoms with E-state index < -0.39 is 0 Å². The van der Waals surface area contributed by atoms with E-state index in [0.717, 1.165) is 89.0 Å². The third-order valence-corrected chi connectivity index (χ3v) is 9.84. The van der Waals surface area contributed by atoms with Gasteiger partial charge in [-0.25, -0.2) is 19.9 Å². The van der Waals surface area contributed by atoms with Crippen LogP contribution in [0.15, 0.2) is 182 Å². The van der Waals surface area contributed by atoms with Crippen molar-refractivity contribution in [1.29, 1.82) is 0 Å². The van der Waals surface area contributed by atoms with Crippen LogP contribution in [0, 0.1) is 0 Å². The molecule has 0 radical (unpaired) electrons. The Hall–Kier alpha value is -7.04. The highest BCUT2D eigenvalue weighted by molar-refractivity contribution is 6.05. The van der Waals surface area contributed by atoms with Crippen molar-refractivity contribution in [2.45, 2.75) is 0 Å². The molecule has 10 aromatic rings. The number of hydrogen-bond donors (Lipinski definition) is 0. The summed E-state index contributed by atoms with van der Waals surface area (Å²) in [5.74, 6) is 0. The summed E-state index contributed by atoms with van der Waals surface area (Å²) in [7, 11) is 0. The molecule has 0 N–H and O–H groups in total. The van der Waals surface area contributed by atoms with Gasteiger partial charge >= 0.3 is 0 Å². The van der Waals surface area contributed by atoms with Crippen molar-refractivity contribution in [3.8, 4) is 56.2 Å². The second-order valence-electron chi connectivity index (χ2n) is 13.1.